The SMILES string of the molecule is CNC(COc1cccc(Cl)c1)c1cccc2c1OCC2. The molecule has 2 aromatic carbocycles. The minimum Gasteiger partial charge on any atom is -0.493 e. The van der Waals surface area contributed by atoms with Crippen molar-refractivity contribution in [3.05, 3.63) is 58.6 Å². The lowest BCUT2D eigenvalue weighted by molar-refractivity contribution is 0.267. The number of fused-ring (bicyclic) bond motifs is 1. The van der Waals surface area contributed by atoms with Crippen LogP contribution in [-0.2, 0) is 6.42 Å². The van der Waals surface area contributed by atoms with Crippen LogP contribution in [0.1, 0.15) is 17.2 Å². The van der Waals surface area contributed by atoms with Crippen molar-refractivity contribution in [1.82, 2.24) is 5.32 Å². The van der Waals surface area contributed by atoms with Gasteiger partial charge in [-0.3, -0.25) is 0 Å². The van der Waals surface area contributed by atoms with Crippen LogP contribution in [0.5, 0.6) is 11.5 Å². The Morgan fingerprint density at radius 2 is 2.14 bits per heavy atom. The highest BCUT2D eigenvalue weighted by molar-refractivity contribution is 6.30. The summed E-state index contributed by atoms with van der Waals surface area (Å²) in [6.07, 6.45) is 0.981. The van der Waals surface area contributed by atoms with Gasteiger partial charge in [-0.05, 0) is 30.8 Å². The van der Waals surface area contributed by atoms with Gasteiger partial charge < -0.3 is 14.8 Å². The molecule has 0 amide bonds. The molecule has 3 nitrogen and oxygen atoms in total. The van der Waals surface area contributed by atoms with Gasteiger partial charge in [0, 0.05) is 17.0 Å². The van der Waals surface area contributed by atoms with Gasteiger partial charge in [0.1, 0.15) is 18.1 Å². The lowest BCUT2D eigenvalue weighted by Gasteiger charge is -2.20. The molecular weight excluding hydrogens is 286 g/mol. The lowest BCUT2D eigenvalue weighted by atomic mass is 10.0. The Morgan fingerprint density at radius 3 is 2.95 bits per heavy atom. The van der Waals surface area contributed by atoms with Crippen molar-refractivity contribution in [1.29, 1.82) is 0 Å². The Kier molecular flexibility index (Phi) is 4.32. The molecule has 1 atom stereocenters. The molecule has 0 radical (unpaired) electrons. The van der Waals surface area contributed by atoms with Crippen molar-refractivity contribution >= 4 is 11.6 Å². The van der Waals surface area contributed by atoms with Crippen molar-refractivity contribution in [2.45, 2.75) is 12.5 Å². The number of rotatable bonds is 5. The van der Waals surface area contributed by atoms with Crippen LogP contribution in [0.4, 0.5) is 0 Å². The average Bonchev–Trinajstić information content (AvgIpc) is 2.97. The van der Waals surface area contributed by atoms with Gasteiger partial charge in [0.25, 0.3) is 0 Å². The summed E-state index contributed by atoms with van der Waals surface area (Å²) in [6.45, 7) is 1.29. The molecular formula is C17H18ClNO2. The van der Waals surface area contributed by atoms with E-state index in [4.69, 9.17) is 21.1 Å². The molecule has 3 rings (SSSR count). The van der Waals surface area contributed by atoms with Gasteiger partial charge in [-0.2, -0.15) is 0 Å². The first kappa shape index (κ1) is 14.2. The van der Waals surface area contributed by atoms with Crippen LogP contribution >= 0.6 is 11.6 Å². The van der Waals surface area contributed by atoms with Gasteiger partial charge in [0.2, 0.25) is 0 Å². The Bertz CT molecular complexity index is 630. The van der Waals surface area contributed by atoms with Gasteiger partial charge >= 0.3 is 0 Å². The number of para-hydroxylation sites is 1. The summed E-state index contributed by atoms with van der Waals surface area (Å²) in [7, 11) is 1.93. The topological polar surface area (TPSA) is 30.5 Å². The predicted octanol–water partition coefficient (Wildman–Crippen LogP) is 3.61. The summed E-state index contributed by atoms with van der Waals surface area (Å²) in [5.74, 6) is 1.78. The quantitative estimate of drug-likeness (QED) is 0.915. The molecule has 1 aliphatic rings. The molecule has 1 N–H and O–H groups in total. The highest BCUT2D eigenvalue weighted by atomic mass is 35.5. The van der Waals surface area contributed by atoms with Gasteiger partial charge in [0.05, 0.1) is 12.6 Å². The van der Waals surface area contributed by atoms with Crippen molar-refractivity contribution in [2.24, 2.45) is 0 Å². The van der Waals surface area contributed by atoms with Crippen molar-refractivity contribution < 1.29 is 9.47 Å². The molecule has 1 unspecified atom stereocenters. The first-order valence-electron chi connectivity index (χ1n) is 7.08. The van der Waals surface area contributed by atoms with Crippen molar-refractivity contribution in [3.63, 3.8) is 0 Å². The fraction of sp³-hybridized carbons (Fsp3) is 0.294. The molecule has 0 aromatic heterocycles. The van der Waals surface area contributed by atoms with Gasteiger partial charge in [-0.25, -0.2) is 0 Å². The second kappa shape index (κ2) is 6.37. The van der Waals surface area contributed by atoms with E-state index in [0.717, 1.165) is 30.1 Å². The van der Waals surface area contributed by atoms with Crippen LogP contribution in [0.3, 0.4) is 0 Å². The number of halogens is 1. The molecule has 1 heterocycles. The molecule has 0 bridgehead atoms. The molecule has 0 saturated carbocycles. The summed E-state index contributed by atoms with van der Waals surface area (Å²) >= 11 is 5.97. The first-order chi connectivity index (χ1) is 10.3. The van der Waals surface area contributed by atoms with Crippen LogP contribution in [0.2, 0.25) is 5.02 Å². The summed E-state index contributed by atoms with van der Waals surface area (Å²) in [5.41, 5.74) is 2.42. The Hall–Kier alpha value is -1.71. The maximum absolute atomic E-state index is 5.97. The summed E-state index contributed by atoms with van der Waals surface area (Å²) in [4.78, 5) is 0. The minimum absolute atomic E-state index is 0.0806. The number of hydrogen-bond acceptors (Lipinski definition) is 3. The second-order valence-electron chi connectivity index (χ2n) is 5.04. The Morgan fingerprint density at radius 1 is 1.29 bits per heavy atom. The van der Waals surface area contributed by atoms with E-state index in [1.165, 1.54) is 5.56 Å². The zero-order valence-electron chi connectivity index (χ0n) is 11.9. The second-order valence-corrected chi connectivity index (χ2v) is 5.48. The van der Waals surface area contributed by atoms with Gasteiger partial charge in [-0.1, -0.05) is 35.9 Å². The zero-order chi connectivity index (χ0) is 14.7. The van der Waals surface area contributed by atoms with Crippen LogP contribution in [-0.4, -0.2) is 20.3 Å². The number of likely N-dealkylation sites (N-methyl/N-ethyl adjacent to an activating group) is 1. The summed E-state index contributed by atoms with van der Waals surface area (Å²) in [5, 5.41) is 3.97. The predicted molar refractivity (Wildman–Crippen MR) is 84.4 cm³/mol. The molecule has 110 valence electrons. The van der Waals surface area contributed by atoms with Crippen molar-refractivity contribution in [2.75, 3.05) is 20.3 Å². The molecule has 21 heavy (non-hydrogen) atoms. The molecule has 0 saturated heterocycles. The van der Waals surface area contributed by atoms with E-state index in [-0.39, 0.29) is 6.04 Å². The third-order valence-electron chi connectivity index (χ3n) is 3.68. The van der Waals surface area contributed by atoms with Crippen LogP contribution in [0, 0.1) is 0 Å². The Balaban J connectivity index is 1.75. The van der Waals surface area contributed by atoms with Crippen LogP contribution < -0.4 is 14.8 Å². The lowest BCUT2D eigenvalue weighted by Crippen LogP contribution is -2.23. The number of hydrogen-bond donors (Lipinski definition) is 1. The van der Waals surface area contributed by atoms with E-state index in [1.807, 2.05) is 31.3 Å². The average molecular weight is 304 g/mol. The van der Waals surface area contributed by atoms with Crippen molar-refractivity contribution in [3.8, 4) is 11.5 Å². The first-order valence-corrected chi connectivity index (χ1v) is 7.46. The van der Waals surface area contributed by atoms with Gasteiger partial charge in [-0.15, -0.1) is 0 Å². The standard InChI is InChI=1S/C17H18ClNO2/c1-19-16(11-21-14-6-3-5-13(18)10-14)15-7-2-4-12-8-9-20-17(12)15/h2-7,10,16,19H,8-9,11H2,1H3. The maximum atomic E-state index is 5.97. The van der Waals surface area contributed by atoms with E-state index in [2.05, 4.69) is 23.5 Å². The minimum atomic E-state index is 0.0806. The highest BCUT2D eigenvalue weighted by Crippen LogP contribution is 2.33. The monoisotopic (exact) mass is 303 g/mol. The molecule has 4 heteroatoms. The smallest absolute Gasteiger partial charge is 0.127 e. The van der Waals surface area contributed by atoms with Crippen LogP contribution in [0.15, 0.2) is 42.5 Å². The van der Waals surface area contributed by atoms with E-state index in [1.54, 1.807) is 0 Å². The van der Waals surface area contributed by atoms with E-state index in [9.17, 15) is 0 Å². The molecule has 0 spiro atoms. The van der Waals surface area contributed by atoms with Gasteiger partial charge in [0.15, 0.2) is 0 Å². The number of benzene rings is 2. The maximum Gasteiger partial charge on any atom is 0.127 e. The summed E-state index contributed by atoms with van der Waals surface area (Å²) < 4.78 is 11.6. The summed E-state index contributed by atoms with van der Waals surface area (Å²) in [6, 6.07) is 13.8. The largest absolute Gasteiger partial charge is 0.493 e. The fourth-order valence-electron chi connectivity index (χ4n) is 2.58. The molecule has 0 aliphatic carbocycles. The fourth-order valence-corrected chi connectivity index (χ4v) is 2.76. The molecule has 1 aliphatic heterocycles. The normalized spacial score (nSPS) is 14.4. The third kappa shape index (κ3) is 3.14. The number of nitrogens with one attached hydrogen (secondary N) is 1. The molecule has 0 fully saturated rings. The zero-order valence-corrected chi connectivity index (χ0v) is 12.7. The van der Waals surface area contributed by atoms with Crippen LogP contribution in [0.25, 0.3) is 0 Å². The van der Waals surface area contributed by atoms with E-state index in [0.29, 0.717) is 11.6 Å². The third-order valence-corrected chi connectivity index (χ3v) is 3.92. The Labute approximate surface area is 129 Å². The molecule has 2 aromatic rings. The highest BCUT2D eigenvalue weighted by Gasteiger charge is 2.21. The van der Waals surface area contributed by atoms with E-state index < -0.39 is 0 Å². The number of ether oxygens (including phenoxy) is 2. The van der Waals surface area contributed by atoms with E-state index >= 15 is 0 Å².